The van der Waals surface area contributed by atoms with Crippen molar-refractivity contribution < 1.29 is 0 Å². The molecule has 3 aromatic heterocycles. The summed E-state index contributed by atoms with van der Waals surface area (Å²) in [6.07, 6.45) is 7.29. The minimum atomic E-state index is 0.802. The molecule has 1 saturated heterocycles. The lowest BCUT2D eigenvalue weighted by Gasteiger charge is -2.35. The Bertz CT molecular complexity index is 822. The summed E-state index contributed by atoms with van der Waals surface area (Å²) in [6.45, 7) is 6.84. The van der Waals surface area contributed by atoms with E-state index in [0.29, 0.717) is 0 Å². The predicted octanol–water partition coefficient (Wildman–Crippen LogP) is 1.69. The van der Waals surface area contributed by atoms with Gasteiger partial charge in [0, 0.05) is 57.4 Å². The summed E-state index contributed by atoms with van der Waals surface area (Å²) < 4.78 is 1.79. The smallest absolute Gasteiger partial charge is 0.158 e. The Hall–Kier alpha value is -2.80. The number of hydrogen-bond acceptors (Lipinski definition) is 6. The van der Waals surface area contributed by atoms with Crippen LogP contribution >= 0.6 is 0 Å². The lowest BCUT2D eigenvalue weighted by molar-refractivity contribution is 0.249. The number of pyridine rings is 1. The lowest BCUT2D eigenvalue weighted by Crippen LogP contribution is -2.46. The average Bonchev–Trinajstić information content (AvgIpc) is 3.10. The summed E-state index contributed by atoms with van der Waals surface area (Å²) in [7, 11) is 0. The fraction of sp³-hybridized carbons (Fsp3) is 0.333. The second kappa shape index (κ2) is 6.98. The van der Waals surface area contributed by atoms with E-state index in [1.807, 2.05) is 43.7 Å². The van der Waals surface area contributed by atoms with Crippen molar-refractivity contribution in [3.63, 3.8) is 0 Å². The molecule has 7 heteroatoms. The van der Waals surface area contributed by atoms with Gasteiger partial charge in [0.2, 0.25) is 0 Å². The van der Waals surface area contributed by atoms with Crippen LogP contribution in [0.2, 0.25) is 0 Å². The van der Waals surface area contributed by atoms with Gasteiger partial charge in [0.1, 0.15) is 12.1 Å². The van der Waals surface area contributed by atoms with Crippen molar-refractivity contribution in [1.82, 2.24) is 29.6 Å². The number of anilines is 1. The first-order chi connectivity index (χ1) is 12.3. The molecule has 1 aliphatic heterocycles. The van der Waals surface area contributed by atoms with E-state index < -0.39 is 0 Å². The number of piperazine rings is 1. The number of nitrogens with zero attached hydrogens (tertiary/aromatic N) is 7. The van der Waals surface area contributed by atoms with Crippen LogP contribution in [0.5, 0.6) is 0 Å². The summed E-state index contributed by atoms with van der Waals surface area (Å²) in [5.41, 5.74) is 2.23. The van der Waals surface area contributed by atoms with E-state index >= 15 is 0 Å². The van der Waals surface area contributed by atoms with Gasteiger partial charge in [-0.25, -0.2) is 14.6 Å². The van der Waals surface area contributed by atoms with Gasteiger partial charge in [-0.05, 0) is 24.6 Å². The third-order valence-electron chi connectivity index (χ3n) is 4.42. The molecule has 128 valence electrons. The van der Waals surface area contributed by atoms with Crippen LogP contribution in [0, 0.1) is 6.92 Å². The minimum absolute atomic E-state index is 0.802. The van der Waals surface area contributed by atoms with Crippen molar-refractivity contribution in [3.05, 3.63) is 60.4 Å². The summed E-state index contributed by atoms with van der Waals surface area (Å²) in [5, 5.41) is 4.42. The highest BCUT2D eigenvalue weighted by Gasteiger charge is 2.19. The molecule has 0 saturated carbocycles. The Labute approximate surface area is 147 Å². The van der Waals surface area contributed by atoms with E-state index in [4.69, 9.17) is 0 Å². The molecule has 4 heterocycles. The second-order valence-electron chi connectivity index (χ2n) is 6.26. The van der Waals surface area contributed by atoms with Crippen LogP contribution in [0.3, 0.4) is 0 Å². The third-order valence-corrected chi connectivity index (χ3v) is 4.42. The van der Waals surface area contributed by atoms with E-state index in [2.05, 4.69) is 35.9 Å². The van der Waals surface area contributed by atoms with Crippen LogP contribution in [-0.2, 0) is 6.54 Å². The first kappa shape index (κ1) is 15.7. The number of hydrogen-bond donors (Lipinski definition) is 0. The number of rotatable bonds is 4. The number of aromatic nitrogens is 5. The molecule has 0 unspecified atom stereocenters. The molecule has 0 bridgehead atoms. The highest BCUT2D eigenvalue weighted by Crippen LogP contribution is 2.17. The fourth-order valence-corrected chi connectivity index (χ4v) is 3.06. The zero-order valence-electron chi connectivity index (χ0n) is 14.3. The maximum Gasteiger partial charge on any atom is 0.158 e. The molecule has 0 spiro atoms. The van der Waals surface area contributed by atoms with Gasteiger partial charge in [-0.3, -0.25) is 9.88 Å². The van der Waals surface area contributed by atoms with E-state index in [9.17, 15) is 0 Å². The fourth-order valence-electron chi connectivity index (χ4n) is 3.06. The zero-order valence-corrected chi connectivity index (χ0v) is 14.3. The topological polar surface area (TPSA) is 63.0 Å². The molecule has 25 heavy (non-hydrogen) atoms. The van der Waals surface area contributed by atoms with Crippen LogP contribution in [-0.4, -0.2) is 55.8 Å². The molecule has 0 aliphatic carbocycles. The monoisotopic (exact) mass is 335 g/mol. The molecular weight excluding hydrogens is 314 g/mol. The minimum Gasteiger partial charge on any atom is -0.354 e. The molecule has 3 aromatic rings. The molecule has 0 aromatic carbocycles. The Balaban J connectivity index is 1.41. The van der Waals surface area contributed by atoms with Gasteiger partial charge in [-0.1, -0.05) is 6.07 Å². The van der Waals surface area contributed by atoms with Crippen LogP contribution in [0.4, 0.5) is 5.82 Å². The lowest BCUT2D eigenvalue weighted by atomic mass is 10.2. The summed E-state index contributed by atoms with van der Waals surface area (Å²) >= 11 is 0. The van der Waals surface area contributed by atoms with Crippen LogP contribution < -0.4 is 4.90 Å². The van der Waals surface area contributed by atoms with Gasteiger partial charge in [0.15, 0.2) is 5.82 Å². The highest BCUT2D eigenvalue weighted by molar-refractivity contribution is 5.43. The molecule has 0 radical (unpaired) electrons. The van der Waals surface area contributed by atoms with Gasteiger partial charge in [-0.15, -0.1) is 0 Å². The van der Waals surface area contributed by atoms with Gasteiger partial charge in [0.25, 0.3) is 0 Å². The summed E-state index contributed by atoms with van der Waals surface area (Å²) in [4.78, 5) is 17.7. The summed E-state index contributed by atoms with van der Waals surface area (Å²) in [6, 6.07) is 8.09. The first-order valence-electron chi connectivity index (χ1n) is 8.49. The molecule has 1 fully saturated rings. The van der Waals surface area contributed by atoms with Crippen LogP contribution in [0.15, 0.2) is 49.2 Å². The SMILES string of the molecule is Cc1ccn(-c2cc(N3CCN(Cc4cccnc4)CC3)ncn2)n1. The third kappa shape index (κ3) is 3.66. The van der Waals surface area contributed by atoms with Crippen molar-refractivity contribution in [1.29, 1.82) is 0 Å². The van der Waals surface area contributed by atoms with Gasteiger partial charge < -0.3 is 4.90 Å². The van der Waals surface area contributed by atoms with Crippen LogP contribution in [0.25, 0.3) is 5.82 Å². The van der Waals surface area contributed by atoms with Crippen molar-refractivity contribution >= 4 is 5.82 Å². The van der Waals surface area contributed by atoms with E-state index in [0.717, 1.165) is 50.1 Å². The van der Waals surface area contributed by atoms with Crippen molar-refractivity contribution in [2.24, 2.45) is 0 Å². The van der Waals surface area contributed by atoms with Crippen molar-refractivity contribution in [3.8, 4) is 5.82 Å². The summed E-state index contributed by atoms with van der Waals surface area (Å²) in [5.74, 6) is 1.76. The zero-order chi connectivity index (χ0) is 17.1. The van der Waals surface area contributed by atoms with Gasteiger partial charge in [0.05, 0.1) is 5.69 Å². The largest absolute Gasteiger partial charge is 0.354 e. The Morgan fingerprint density at radius 1 is 1.04 bits per heavy atom. The van der Waals surface area contributed by atoms with Gasteiger partial charge in [-0.2, -0.15) is 5.10 Å². The first-order valence-corrected chi connectivity index (χ1v) is 8.49. The molecule has 0 atom stereocenters. The predicted molar refractivity (Wildman–Crippen MR) is 95.6 cm³/mol. The van der Waals surface area contributed by atoms with Crippen LogP contribution in [0.1, 0.15) is 11.3 Å². The normalized spacial score (nSPS) is 15.5. The van der Waals surface area contributed by atoms with Crippen molar-refractivity contribution in [2.45, 2.75) is 13.5 Å². The van der Waals surface area contributed by atoms with E-state index in [1.165, 1.54) is 5.56 Å². The molecule has 0 N–H and O–H groups in total. The maximum absolute atomic E-state index is 4.45. The molecule has 1 aliphatic rings. The Morgan fingerprint density at radius 2 is 1.88 bits per heavy atom. The number of aryl methyl sites for hydroxylation is 1. The average molecular weight is 335 g/mol. The molecule has 7 nitrogen and oxygen atoms in total. The van der Waals surface area contributed by atoms with E-state index in [1.54, 1.807) is 11.0 Å². The van der Waals surface area contributed by atoms with E-state index in [-0.39, 0.29) is 0 Å². The standard InChI is InChI=1S/C18H21N7/c1-15-4-6-25(22-15)18-11-17(20-14-21-18)24-9-7-23(8-10-24)13-16-3-2-5-19-12-16/h2-6,11-12,14H,7-10,13H2,1H3. The molecular formula is C18H21N7. The highest BCUT2D eigenvalue weighted by atomic mass is 15.3. The van der Waals surface area contributed by atoms with Crippen molar-refractivity contribution in [2.75, 3.05) is 31.1 Å². The second-order valence-corrected chi connectivity index (χ2v) is 6.26. The maximum atomic E-state index is 4.45. The Kier molecular flexibility index (Phi) is 4.39. The molecule has 4 rings (SSSR count). The van der Waals surface area contributed by atoms with Gasteiger partial charge >= 0.3 is 0 Å². The molecule has 0 amide bonds. The quantitative estimate of drug-likeness (QED) is 0.723. The Morgan fingerprint density at radius 3 is 2.60 bits per heavy atom.